The van der Waals surface area contributed by atoms with Crippen LogP contribution in [0.1, 0.15) is 5.56 Å². The molecule has 0 aliphatic heterocycles. The van der Waals surface area contributed by atoms with E-state index in [4.69, 9.17) is 11.6 Å². The zero-order chi connectivity index (χ0) is 20.3. The third-order valence-electron chi connectivity index (χ3n) is 4.38. The molecule has 3 rings (SSSR count). The van der Waals surface area contributed by atoms with Crippen molar-refractivity contribution in [2.75, 3.05) is 24.3 Å². The molecule has 2 N–H and O–H groups in total. The van der Waals surface area contributed by atoms with Gasteiger partial charge in [-0.3, -0.25) is 23.3 Å². The molecule has 0 aliphatic carbocycles. The van der Waals surface area contributed by atoms with Crippen LogP contribution in [0.4, 0.5) is 5.95 Å². The number of nitrogens with one attached hydrogen (secondary N) is 2. The second-order valence-corrected chi connectivity index (χ2v) is 6.56. The average Bonchev–Trinajstić information content (AvgIpc) is 3.07. The molecule has 0 fully saturated rings. The number of aryl methyl sites for hydroxylation is 1. The van der Waals surface area contributed by atoms with E-state index in [1.807, 2.05) is 30.3 Å². The fraction of sp³-hybridized carbons (Fsp3) is 0.333. The van der Waals surface area contributed by atoms with Crippen molar-refractivity contribution < 1.29 is 4.79 Å². The average molecular weight is 405 g/mol. The van der Waals surface area contributed by atoms with Crippen LogP contribution >= 0.6 is 11.6 Å². The number of anilines is 1. The summed E-state index contributed by atoms with van der Waals surface area (Å²) >= 11 is 5.46. The van der Waals surface area contributed by atoms with Gasteiger partial charge in [-0.2, -0.15) is 4.98 Å². The van der Waals surface area contributed by atoms with Gasteiger partial charge in [-0.15, -0.1) is 11.6 Å². The summed E-state index contributed by atoms with van der Waals surface area (Å²) in [5.41, 5.74) is 0.765. The highest BCUT2D eigenvalue weighted by Gasteiger charge is 2.19. The number of rotatable bonds is 7. The molecule has 0 bridgehead atoms. The Morgan fingerprint density at radius 3 is 2.50 bits per heavy atom. The normalized spacial score (nSPS) is 11.0. The fourth-order valence-corrected chi connectivity index (χ4v) is 3.02. The van der Waals surface area contributed by atoms with Crippen molar-refractivity contribution in [2.24, 2.45) is 14.1 Å². The van der Waals surface area contributed by atoms with Gasteiger partial charge in [0.15, 0.2) is 11.2 Å². The first kappa shape index (κ1) is 19.7. The van der Waals surface area contributed by atoms with E-state index in [9.17, 15) is 14.4 Å². The minimum Gasteiger partial charge on any atom is -0.354 e. The Balaban J connectivity index is 2.03. The van der Waals surface area contributed by atoms with Gasteiger partial charge in [-0.05, 0) is 5.56 Å². The van der Waals surface area contributed by atoms with Crippen molar-refractivity contribution in [3.63, 3.8) is 0 Å². The highest BCUT2D eigenvalue weighted by atomic mass is 35.5. The minimum absolute atomic E-state index is 0.106. The van der Waals surface area contributed by atoms with Crippen LogP contribution in [0.2, 0.25) is 0 Å². The van der Waals surface area contributed by atoms with Gasteiger partial charge in [0.05, 0.1) is 6.54 Å². The quantitative estimate of drug-likeness (QED) is 0.434. The molecule has 9 nitrogen and oxygen atoms in total. The van der Waals surface area contributed by atoms with Gasteiger partial charge >= 0.3 is 5.69 Å². The van der Waals surface area contributed by atoms with Crippen LogP contribution in [0.5, 0.6) is 0 Å². The summed E-state index contributed by atoms with van der Waals surface area (Å²) in [5.74, 6) is 0.0693. The van der Waals surface area contributed by atoms with E-state index in [-0.39, 0.29) is 11.8 Å². The fourth-order valence-electron chi connectivity index (χ4n) is 2.92. The Morgan fingerprint density at radius 1 is 1.11 bits per heavy atom. The van der Waals surface area contributed by atoms with E-state index >= 15 is 0 Å². The zero-order valence-electron chi connectivity index (χ0n) is 15.6. The van der Waals surface area contributed by atoms with Crippen molar-refractivity contribution in [1.29, 1.82) is 0 Å². The van der Waals surface area contributed by atoms with Crippen molar-refractivity contribution >= 4 is 34.6 Å². The lowest BCUT2D eigenvalue weighted by Crippen LogP contribution is -2.37. The van der Waals surface area contributed by atoms with Crippen LogP contribution < -0.4 is 21.9 Å². The first-order chi connectivity index (χ1) is 13.4. The molecule has 0 aliphatic rings. The molecule has 0 unspecified atom stereocenters. The number of fused-ring (bicyclic) bond motifs is 1. The molecule has 0 saturated heterocycles. The molecule has 148 valence electrons. The van der Waals surface area contributed by atoms with Crippen LogP contribution in [-0.2, 0) is 25.4 Å². The number of amides is 1. The van der Waals surface area contributed by atoms with Crippen molar-refractivity contribution in [2.45, 2.75) is 6.54 Å². The number of halogens is 1. The molecule has 2 aromatic heterocycles. The van der Waals surface area contributed by atoms with Crippen molar-refractivity contribution in [3.8, 4) is 0 Å². The van der Waals surface area contributed by atoms with Gasteiger partial charge in [0, 0.05) is 27.2 Å². The van der Waals surface area contributed by atoms with E-state index < -0.39 is 11.2 Å². The van der Waals surface area contributed by atoms with E-state index in [1.54, 1.807) is 11.6 Å². The molecule has 28 heavy (non-hydrogen) atoms. The molecule has 0 saturated carbocycles. The summed E-state index contributed by atoms with van der Waals surface area (Å²) in [6, 6.07) is 9.64. The smallest absolute Gasteiger partial charge is 0.332 e. The second kappa shape index (κ2) is 8.30. The van der Waals surface area contributed by atoms with Gasteiger partial charge in [-0.25, -0.2) is 4.79 Å². The number of benzene rings is 1. The number of carbonyl (C=O) groups is 1. The van der Waals surface area contributed by atoms with Crippen molar-refractivity contribution in [3.05, 3.63) is 56.7 Å². The van der Waals surface area contributed by atoms with Crippen molar-refractivity contribution in [1.82, 2.24) is 24.0 Å². The van der Waals surface area contributed by atoms with Gasteiger partial charge in [0.1, 0.15) is 5.88 Å². The number of nitrogens with zero attached hydrogens (tertiary/aromatic N) is 4. The first-order valence-electron chi connectivity index (χ1n) is 8.70. The summed E-state index contributed by atoms with van der Waals surface area (Å²) in [6.45, 7) is 1.13. The molecule has 0 spiro atoms. The Bertz CT molecular complexity index is 1120. The molecule has 1 amide bonds. The maximum absolute atomic E-state index is 12.8. The summed E-state index contributed by atoms with van der Waals surface area (Å²) in [4.78, 5) is 40.8. The molecule has 0 atom stereocenters. The maximum Gasteiger partial charge on any atom is 0.332 e. The molecular weight excluding hydrogens is 384 g/mol. The molecule has 0 radical (unpaired) electrons. The Morgan fingerprint density at radius 2 is 1.82 bits per heavy atom. The predicted molar refractivity (Wildman–Crippen MR) is 108 cm³/mol. The second-order valence-electron chi connectivity index (χ2n) is 6.30. The van der Waals surface area contributed by atoms with Crippen LogP contribution in [0.15, 0.2) is 39.9 Å². The SMILES string of the molecule is Cn1c(=O)c2c(nc(NCCNC(=O)CCl)n2Cc2ccccc2)n(C)c1=O. The first-order valence-corrected chi connectivity index (χ1v) is 9.24. The largest absolute Gasteiger partial charge is 0.354 e. The lowest BCUT2D eigenvalue weighted by atomic mass is 10.2. The predicted octanol–water partition coefficient (Wildman–Crippen LogP) is 0.249. The monoisotopic (exact) mass is 404 g/mol. The summed E-state index contributed by atoms with van der Waals surface area (Å²) in [5, 5.41) is 5.78. The van der Waals surface area contributed by atoms with E-state index in [0.29, 0.717) is 36.7 Å². The standard InChI is InChI=1S/C18H21ClN6O3/c1-23-15-14(16(27)24(2)18(23)28)25(11-12-6-4-3-5-7-12)17(22-15)21-9-8-20-13(26)10-19/h3-7H,8-11H2,1-2H3,(H,20,26)(H,21,22). The summed E-state index contributed by atoms with van der Waals surface area (Å²) < 4.78 is 4.16. The lowest BCUT2D eigenvalue weighted by molar-refractivity contribution is -0.118. The number of alkyl halides is 1. The zero-order valence-corrected chi connectivity index (χ0v) is 16.4. The lowest BCUT2D eigenvalue weighted by Gasteiger charge is -2.11. The number of hydrogen-bond donors (Lipinski definition) is 2. The van der Waals surface area contributed by atoms with E-state index in [1.165, 1.54) is 11.6 Å². The third-order valence-corrected chi connectivity index (χ3v) is 4.63. The van der Waals surface area contributed by atoms with Gasteiger partial charge in [0.2, 0.25) is 11.9 Å². The Kier molecular flexibility index (Phi) is 5.84. The van der Waals surface area contributed by atoms with E-state index in [0.717, 1.165) is 10.1 Å². The number of aromatic nitrogens is 4. The van der Waals surface area contributed by atoms with Crippen LogP contribution in [-0.4, -0.2) is 43.6 Å². The molecule has 10 heteroatoms. The highest BCUT2D eigenvalue weighted by Crippen LogP contribution is 2.17. The van der Waals surface area contributed by atoms with Crippen LogP contribution in [0.3, 0.4) is 0 Å². The van der Waals surface area contributed by atoms with Crippen LogP contribution in [0, 0.1) is 0 Å². The highest BCUT2D eigenvalue weighted by molar-refractivity contribution is 6.27. The molecular formula is C18H21ClN6O3. The molecule has 2 heterocycles. The minimum atomic E-state index is -0.442. The topological polar surface area (TPSA) is 103 Å². The number of imidazole rings is 1. The Labute approximate surface area is 165 Å². The summed E-state index contributed by atoms with van der Waals surface area (Å²) in [6.07, 6.45) is 0. The van der Waals surface area contributed by atoms with Gasteiger partial charge < -0.3 is 10.6 Å². The van der Waals surface area contributed by atoms with E-state index in [2.05, 4.69) is 15.6 Å². The van der Waals surface area contributed by atoms with Gasteiger partial charge in [0.25, 0.3) is 5.56 Å². The number of hydrogen-bond acceptors (Lipinski definition) is 5. The maximum atomic E-state index is 12.8. The molecule has 3 aromatic rings. The number of carbonyl (C=O) groups excluding carboxylic acids is 1. The summed E-state index contributed by atoms with van der Waals surface area (Å²) in [7, 11) is 3.02. The van der Waals surface area contributed by atoms with Crippen LogP contribution in [0.25, 0.3) is 11.2 Å². The Hall–Kier alpha value is -3.07. The third kappa shape index (κ3) is 3.79. The molecule has 1 aromatic carbocycles. The van der Waals surface area contributed by atoms with Gasteiger partial charge in [-0.1, -0.05) is 30.3 Å².